The summed E-state index contributed by atoms with van der Waals surface area (Å²) < 4.78 is 24.9. The van der Waals surface area contributed by atoms with Gasteiger partial charge in [0.05, 0.1) is 4.90 Å². The predicted octanol–water partition coefficient (Wildman–Crippen LogP) is 1.42. The summed E-state index contributed by atoms with van der Waals surface area (Å²) in [4.78, 5) is 10.8. The van der Waals surface area contributed by atoms with Gasteiger partial charge in [0.2, 0.25) is 10.0 Å². The van der Waals surface area contributed by atoms with Gasteiger partial charge in [-0.05, 0) is 30.7 Å². The number of benzene rings is 1. The van der Waals surface area contributed by atoms with Crippen LogP contribution in [0.3, 0.4) is 0 Å². The highest BCUT2D eigenvalue weighted by atomic mass is 32.2. The Bertz CT molecular complexity index is 588. The highest BCUT2D eigenvalue weighted by molar-refractivity contribution is 7.89. The Kier molecular flexibility index (Phi) is 4.26. The van der Waals surface area contributed by atoms with Crippen molar-refractivity contribution in [3.63, 3.8) is 0 Å². The largest absolute Gasteiger partial charge is 0.478 e. The standard InChI is InChI=1S/C12H15NO4S/c1-9(12(14)15)7-10-5-4-6-11(8-10)18(16,17)13(2)3/h4-8H,1-3H3,(H,14,15). The molecule has 0 aromatic heterocycles. The van der Waals surface area contributed by atoms with E-state index >= 15 is 0 Å². The molecule has 0 bridgehead atoms. The molecule has 0 aliphatic carbocycles. The summed E-state index contributed by atoms with van der Waals surface area (Å²) in [6.07, 6.45) is 1.43. The van der Waals surface area contributed by atoms with E-state index in [9.17, 15) is 13.2 Å². The zero-order valence-corrected chi connectivity index (χ0v) is 11.2. The first kappa shape index (κ1) is 14.4. The first-order chi connectivity index (χ1) is 8.25. The number of aliphatic carboxylic acids is 1. The van der Waals surface area contributed by atoms with Gasteiger partial charge in [0.1, 0.15) is 0 Å². The lowest BCUT2D eigenvalue weighted by Crippen LogP contribution is -2.22. The SMILES string of the molecule is CC(=Cc1cccc(S(=O)(=O)N(C)C)c1)C(=O)O. The van der Waals surface area contributed by atoms with Crippen molar-refractivity contribution in [2.24, 2.45) is 0 Å². The van der Waals surface area contributed by atoms with Crippen LogP contribution >= 0.6 is 0 Å². The van der Waals surface area contributed by atoms with Crippen LogP contribution in [-0.4, -0.2) is 37.9 Å². The summed E-state index contributed by atoms with van der Waals surface area (Å²) in [7, 11) is -0.609. The Labute approximate surface area is 106 Å². The molecule has 0 aliphatic rings. The average Bonchev–Trinajstić information content (AvgIpc) is 2.28. The topological polar surface area (TPSA) is 74.7 Å². The normalized spacial score (nSPS) is 12.8. The van der Waals surface area contributed by atoms with Gasteiger partial charge < -0.3 is 5.11 Å². The molecule has 0 fully saturated rings. The fourth-order valence-electron chi connectivity index (χ4n) is 1.29. The monoisotopic (exact) mass is 269 g/mol. The molecule has 0 unspecified atom stereocenters. The fraction of sp³-hybridized carbons (Fsp3) is 0.250. The van der Waals surface area contributed by atoms with Crippen LogP contribution < -0.4 is 0 Å². The quantitative estimate of drug-likeness (QED) is 0.839. The van der Waals surface area contributed by atoms with Crippen LogP contribution in [0.25, 0.3) is 6.08 Å². The van der Waals surface area contributed by atoms with E-state index in [1.54, 1.807) is 12.1 Å². The molecule has 18 heavy (non-hydrogen) atoms. The molecule has 1 aromatic carbocycles. The molecular weight excluding hydrogens is 254 g/mol. The summed E-state index contributed by atoms with van der Waals surface area (Å²) in [5.41, 5.74) is 0.687. The van der Waals surface area contributed by atoms with Crippen molar-refractivity contribution in [1.29, 1.82) is 0 Å². The average molecular weight is 269 g/mol. The molecule has 6 heteroatoms. The van der Waals surface area contributed by atoms with E-state index in [0.717, 1.165) is 4.31 Å². The van der Waals surface area contributed by atoms with Crippen molar-refractivity contribution in [3.05, 3.63) is 35.4 Å². The molecule has 5 nitrogen and oxygen atoms in total. The van der Waals surface area contributed by atoms with Crippen LogP contribution in [0, 0.1) is 0 Å². The third-order valence-corrected chi connectivity index (χ3v) is 4.17. The summed E-state index contributed by atoms with van der Waals surface area (Å²) in [6, 6.07) is 6.16. The van der Waals surface area contributed by atoms with Gasteiger partial charge >= 0.3 is 5.97 Å². The van der Waals surface area contributed by atoms with E-state index in [4.69, 9.17) is 5.11 Å². The molecule has 0 saturated carbocycles. The van der Waals surface area contributed by atoms with Gasteiger partial charge in [0.15, 0.2) is 0 Å². The van der Waals surface area contributed by atoms with Crippen LogP contribution in [0.1, 0.15) is 12.5 Å². The molecule has 1 rings (SSSR count). The maximum absolute atomic E-state index is 11.9. The van der Waals surface area contributed by atoms with Gasteiger partial charge in [-0.2, -0.15) is 0 Å². The summed E-state index contributed by atoms with van der Waals surface area (Å²) in [5.74, 6) is -1.03. The number of sulfonamides is 1. The van der Waals surface area contributed by atoms with Crippen molar-refractivity contribution < 1.29 is 18.3 Å². The molecule has 98 valence electrons. The Balaban J connectivity index is 3.24. The van der Waals surface area contributed by atoms with Gasteiger partial charge in [0.25, 0.3) is 0 Å². The van der Waals surface area contributed by atoms with Crippen molar-refractivity contribution in [2.75, 3.05) is 14.1 Å². The van der Waals surface area contributed by atoms with Crippen molar-refractivity contribution in [3.8, 4) is 0 Å². The van der Waals surface area contributed by atoms with E-state index in [-0.39, 0.29) is 10.5 Å². The van der Waals surface area contributed by atoms with Crippen LogP contribution in [0.2, 0.25) is 0 Å². The van der Waals surface area contributed by atoms with Crippen LogP contribution in [0.4, 0.5) is 0 Å². The van der Waals surface area contributed by atoms with Gasteiger partial charge in [-0.1, -0.05) is 12.1 Å². The number of rotatable bonds is 4. The molecule has 1 aromatic rings. The van der Waals surface area contributed by atoms with Gasteiger partial charge in [-0.3, -0.25) is 0 Å². The van der Waals surface area contributed by atoms with E-state index in [0.29, 0.717) is 5.56 Å². The number of carbonyl (C=O) groups is 1. The lowest BCUT2D eigenvalue weighted by molar-refractivity contribution is -0.132. The van der Waals surface area contributed by atoms with Crippen LogP contribution in [0.5, 0.6) is 0 Å². The van der Waals surface area contributed by atoms with Crippen molar-refractivity contribution in [1.82, 2.24) is 4.31 Å². The zero-order chi connectivity index (χ0) is 13.9. The van der Waals surface area contributed by atoms with E-state index in [1.165, 1.54) is 39.2 Å². The lowest BCUT2D eigenvalue weighted by atomic mass is 10.1. The molecule has 0 radical (unpaired) electrons. The van der Waals surface area contributed by atoms with E-state index in [2.05, 4.69) is 0 Å². The Morgan fingerprint density at radius 1 is 1.33 bits per heavy atom. The maximum Gasteiger partial charge on any atom is 0.331 e. The molecule has 0 spiro atoms. The highest BCUT2D eigenvalue weighted by Crippen LogP contribution is 2.16. The lowest BCUT2D eigenvalue weighted by Gasteiger charge is -2.11. The van der Waals surface area contributed by atoms with Gasteiger partial charge in [-0.15, -0.1) is 0 Å². The Morgan fingerprint density at radius 3 is 2.44 bits per heavy atom. The molecular formula is C12H15NO4S. The zero-order valence-electron chi connectivity index (χ0n) is 10.4. The van der Waals surface area contributed by atoms with Crippen LogP contribution in [0.15, 0.2) is 34.7 Å². The third-order valence-electron chi connectivity index (χ3n) is 2.36. The second-order valence-corrected chi connectivity index (χ2v) is 6.14. The molecule has 0 atom stereocenters. The number of nitrogens with zero attached hydrogens (tertiary/aromatic N) is 1. The van der Waals surface area contributed by atoms with E-state index in [1.807, 2.05) is 0 Å². The van der Waals surface area contributed by atoms with Crippen molar-refractivity contribution >= 4 is 22.1 Å². The number of carboxylic acids is 1. The van der Waals surface area contributed by atoms with Gasteiger partial charge in [0, 0.05) is 19.7 Å². The second-order valence-electron chi connectivity index (χ2n) is 3.99. The minimum Gasteiger partial charge on any atom is -0.478 e. The molecule has 0 amide bonds. The first-order valence-electron chi connectivity index (χ1n) is 5.19. The van der Waals surface area contributed by atoms with Crippen molar-refractivity contribution in [2.45, 2.75) is 11.8 Å². The maximum atomic E-state index is 11.9. The van der Waals surface area contributed by atoms with Crippen LogP contribution in [-0.2, 0) is 14.8 Å². The number of hydrogen-bond acceptors (Lipinski definition) is 3. The minimum atomic E-state index is -3.50. The third kappa shape index (κ3) is 3.18. The summed E-state index contributed by atoms with van der Waals surface area (Å²) in [6.45, 7) is 1.45. The molecule has 0 saturated heterocycles. The molecule has 0 heterocycles. The molecule has 1 N–H and O–H groups in total. The van der Waals surface area contributed by atoms with Gasteiger partial charge in [-0.25, -0.2) is 17.5 Å². The number of carboxylic acid groups (broad SMARTS) is 1. The smallest absolute Gasteiger partial charge is 0.331 e. The summed E-state index contributed by atoms with van der Waals surface area (Å²) in [5, 5.41) is 8.77. The first-order valence-corrected chi connectivity index (χ1v) is 6.63. The predicted molar refractivity (Wildman–Crippen MR) is 68.6 cm³/mol. The second kappa shape index (κ2) is 5.32. The minimum absolute atomic E-state index is 0.138. The Morgan fingerprint density at radius 2 is 1.94 bits per heavy atom. The Hall–Kier alpha value is -1.66. The molecule has 0 aliphatic heterocycles. The summed E-state index contributed by atoms with van der Waals surface area (Å²) >= 11 is 0. The van der Waals surface area contributed by atoms with E-state index < -0.39 is 16.0 Å². The fourth-order valence-corrected chi connectivity index (χ4v) is 2.24. The highest BCUT2D eigenvalue weighted by Gasteiger charge is 2.16. The number of hydrogen-bond donors (Lipinski definition) is 1.